The van der Waals surface area contributed by atoms with Crippen LogP contribution in [-0.2, 0) is 11.3 Å². The molecule has 1 N–H and O–H groups in total. The van der Waals surface area contributed by atoms with Gasteiger partial charge in [0, 0.05) is 28.9 Å². The van der Waals surface area contributed by atoms with Gasteiger partial charge in [-0.2, -0.15) is 0 Å². The molecule has 2 aromatic rings. The fourth-order valence-corrected chi connectivity index (χ4v) is 3.48. The number of carbonyl (C=O) groups excluding carboxylic acids is 1. The van der Waals surface area contributed by atoms with E-state index in [-0.39, 0.29) is 5.91 Å². The first-order valence-corrected chi connectivity index (χ1v) is 9.81. The largest absolute Gasteiger partial charge is 0.325 e. The van der Waals surface area contributed by atoms with Gasteiger partial charge in [-0.25, -0.2) is 0 Å². The van der Waals surface area contributed by atoms with Crippen LogP contribution in [0.2, 0.25) is 0 Å². The van der Waals surface area contributed by atoms with Crippen LogP contribution in [-0.4, -0.2) is 48.4 Å². The fourth-order valence-electron chi connectivity index (χ4n) is 3.12. The van der Waals surface area contributed by atoms with Crippen molar-refractivity contribution in [2.75, 3.05) is 38.0 Å². The summed E-state index contributed by atoms with van der Waals surface area (Å²) in [6, 6.07) is 18.5. The van der Waals surface area contributed by atoms with Crippen molar-refractivity contribution in [3.63, 3.8) is 0 Å². The second-order valence-electron chi connectivity index (χ2n) is 6.45. The lowest BCUT2D eigenvalue weighted by Gasteiger charge is -2.21. The number of anilines is 1. The molecule has 2 aromatic carbocycles. The Kier molecular flexibility index (Phi) is 6.84. The highest BCUT2D eigenvalue weighted by Gasteiger charge is 2.17. The predicted molar refractivity (Wildman–Crippen MR) is 111 cm³/mol. The predicted octanol–water partition coefficient (Wildman–Crippen LogP) is 3.44. The summed E-state index contributed by atoms with van der Waals surface area (Å²) >= 11 is 2.26. The van der Waals surface area contributed by atoms with Crippen molar-refractivity contribution in [2.24, 2.45) is 0 Å². The third-order valence-electron chi connectivity index (χ3n) is 4.43. The van der Waals surface area contributed by atoms with Crippen molar-refractivity contribution in [1.82, 2.24) is 9.80 Å². The first-order valence-electron chi connectivity index (χ1n) is 8.73. The second kappa shape index (κ2) is 9.31. The first kappa shape index (κ1) is 18.4. The third-order valence-corrected chi connectivity index (χ3v) is 5.14. The number of amides is 1. The molecule has 5 heteroatoms. The standard InChI is InChI=1S/C20H24IN3O/c21-18-7-9-19(10-8-18)22-20(25)16-24-12-4-11-23(13-14-24)15-17-5-2-1-3-6-17/h1-3,5-10H,4,11-16H2,(H,22,25). The Morgan fingerprint density at radius 1 is 0.920 bits per heavy atom. The van der Waals surface area contributed by atoms with Gasteiger partial charge < -0.3 is 5.32 Å². The Bertz CT molecular complexity index is 675. The normalized spacial score (nSPS) is 16.4. The molecule has 132 valence electrons. The van der Waals surface area contributed by atoms with Crippen LogP contribution in [0, 0.1) is 3.57 Å². The highest BCUT2D eigenvalue weighted by molar-refractivity contribution is 14.1. The Hall–Kier alpha value is -1.44. The van der Waals surface area contributed by atoms with E-state index in [9.17, 15) is 4.79 Å². The van der Waals surface area contributed by atoms with Crippen LogP contribution in [0.3, 0.4) is 0 Å². The van der Waals surface area contributed by atoms with Gasteiger partial charge in [-0.05, 0) is 71.9 Å². The quantitative estimate of drug-likeness (QED) is 0.711. The molecule has 25 heavy (non-hydrogen) atoms. The molecular formula is C20H24IN3O. The molecule has 0 bridgehead atoms. The second-order valence-corrected chi connectivity index (χ2v) is 7.69. The van der Waals surface area contributed by atoms with Gasteiger partial charge in [0.15, 0.2) is 0 Å². The molecule has 0 radical (unpaired) electrons. The number of nitrogens with zero attached hydrogens (tertiary/aromatic N) is 2. The number of hydrogen-bond donors (Lipinski definition) is 1. The molecule has 3 rings (SSSR count). The van der Waals surface area contributed by atoms with E-state index in [1.807, 2.05) is 24.3 Å². The molecule has 1 fully saturated rings. The molecule has 1 heterocycles. The van der Waals surface area contributed by atoms with E-state index < -0.39 is 0 Å². The van der Waals surface area contributed by atoms with Crippen molar-refractivity contribution in [3.05, 3.63) is 63.7 Å². The number of benzene rings is 2. The number of carbonyl (C=O) groups is 1. The number of nitrogens with one attached hydrogen (secondary N) is 1. The van der Waals surface area contributed by atoms with Gasteiger partial charge in [0.1, 0.15) is 0 Å². The van der Waals surface area contributed by atoms with E-state index >= 15 is 0 Å². The zero-order chi connectivity index (χ0) is 17.5. The van der Waals surface area contributed by atoms with Gasteiger partial charge in [0.05, 0.1) is 6.54 Å². The lowest BCUT2D eigenvalue weighted by molar-refractivity contribution is -0.117. The smallest absolute Gasteiger partial charge is 0.238 e. The minimum atomic E-state index is 0.0673. The van der Waals surface area contributed by atoms with Crippen LogP contribution in [0.4, 0.5) is 5.69 Å². The molecule has 4 nitrogen and oxygen atoms in total. The summed E-state index contributed by atoms with van der Waals surface area (Å²) in [6.07, 6.45) is 1.10. The van der Waals surface area contributed by atoms with E-state index in [1.54, 1.807) is 0 Å². The molecule has 1 saturated heterocycles. The molecule has 1 amide bonds. The zero-order valence-electron chi connectivity index (χ0n) is 14.3. The van der Waals surface area contributed by atoms with E-state index in [4.69, 9.17) is 0 Å². The lowest BCUT2D eigenvalue weighted by atomic mass is 10.2. The summed E-state index contributed by atoms with van der Waals surface area (Å²) in [4.78, 5) is 17.0. The maximum Gasteiger partial charge on any atom is 0.238 e. The van der Waals surface area contributed by atoms with Crippen molar-refractivity contribution in [3.8, 4) is 0 Å². The SMILES string of the molecule is O=C(CN1CCCN(Cc2ccccc2)CC1)Nc1ccc(I)cc1. The van der Waals surface area contributed by atoms with Crippen LogP contribution < -0.4 is 5.32 Å². The molecule has 0 saturated carbocycles. The van der Waals surface area contributed by atoms with Gasteiger partial charge in [-0.15, -0.1) is 0 Å². The van der Waals surface area contributed by atoms with Crippen LogP contribution in [0.15, 0.2) is 54.6 Å². The van der Waals surface area contributed by atoms with Gasteiger partial charge >= 0.3 is 0 Å². The highest BCUT2D eigenvalue weighted by Crippen LogP contribution is 2.12. The first-order chi connectivity index (χ1) is 12.2. The summed E-state index contributed by atoms with van der Waals surface area (Å²) in [5.41, 5.74) is 2.22. The minimum Gasteiger partial charge on any atom is -0.325 e. The molecule has 1 aliphatic heterocycles. The van der Waals surface area contributed by atoms with Crippen molar-refractivity contribution < 1.29 is 4.79 Å². The van der Waals surface area contributed by atoms with Gasteiger partial charge in [-0.3, -0.25) is 14.6 Å². The van der Waals surface area contributed by atoms with Crippen molar-refractivity contribution in [2.45, 2.75) is 13.0 Å². The minimum absolute atomic E-state index is 0.0673. The summed E-state index contributed by atoms with van der Waals surface area (Å²) in [5.74, 6) is 0.0673. The zero-order valence-corrected chi connectivity index (χ0v) is 16.5. The maximum absolute atomic E-state index is 12.3. The Balaban J connectivity index is 1.46. The van der Waals surface area contributed by atoms with Gasteiger partial charge in [0.2, 0.25) is 5.91 Å². The molecule has 1 aliphatic rings. The molecule has 0 atom stereocenters. The lowest BCUT2D eigenvalue weighted by Crippen LogP contribution is -2.36. The molecule has 0 aliphatic carbocycles. The fraction of sp³-hybridized carbons (Fsp3) is 0.350. The third kappa shape index (κ3) is 6.09. The molecule has 0 unspecified atom stereocenters. The van der Waals surface area contributed by atoms with E-state index in [1.165, 1.54) is 9.13 Å². The van der Waals surface area contributed by atoms with Crippen molar-refractivity contribution in [1.29, 1.82) is 0 Å². The summed E-state index contributed by atoms with van der Waals surface area (Å²) in [6.45, 7) is 5.46. The number of halogens is 1. The van der Waals surface area contributed by atoms with Crippen LogP contribution in [0.5, 0.6) is 0 Å². The van der Waals surface area contributed by atoms with Gasteiger partial charge in [-0.1, -0.05) is 30.3 Å². The van der Waals surface area contributed by atoms with E-state index in [2.05, 4.69) is 68.0 Å². The number of rotatable bonds is 5. The monoisotopic (exact) mass is 449 g/mol. The summed E-state index contributed by atoms with van der Waals surface area (Å²) in [7, 11) is 0. The molecule has 0 spiro atoms. The van der Waals surface area contributed by atoms with E-state index in [0.717, 1.165) is 44.8 Å². The summed E-state index contributed by atoms with van der Waals surface area (Å²) < 4.78 is 1.17. The van der Waals surface area contributed by atoms with Crippen molar-refractivity contribution >= 4 is 34.2 Å². The average molecular weight is 449 g/mol. The van der Waals surface area contributed by atoms with Gasteiger partial charge in [0.25, 0.3) is 0 Å². The summed E-state index contributed by atoms with van der Waals surface area (Å²) in [5, 5.41) is 2.99. The molecular weight excluding hydrogens is 425 g/mol. The topological polar surface area (TPSA) is 35.6 Å². The number of hydrogen-bond acceptors (Lipinski definition) is 3. The average Bonchev–Trinajstić information content (AvgIpc) is 2.83. The Morgan fingerprint density at radius 2 is 1.60 bits per heavy atom. The van der Waals surface area contributed by atoms with Crippen LogP contribution in [0.1, 0.15) is 12.0 Å². The highest BCUT2D eigenvalue weighted by atomic mass is 127. The Labute approximate surface area is 163 Å². The molecule has 0 aromatic heterocycles. The van der Waals surface area contributed by atoms with Crippen LogP contribution >= 0.6 is 22.6 Å². The Morgan fingerprint density at radius 3 is 2.36 bits per heavy atom. The van der Waals surface area contributed by atoms with Crippen LogP contribution in [0.25, 0.3) is 0 Å². The van der Waals surface area contributed by atoms with E-state index in [0.29, 0.717) is 6.54 Å². The maximum atomic E-state index is 12.3.